The van der Waals surface area contributed by atoms with Crippen LogP contribution in [0.3, 0.4) is 0 Å². The molecule has 0 heterocycles. The maximum absolute atomic E-state index is 10.8. The minimum atomic E-state index is -3.27. The minimum Gasteiger partial charge on any atom is -0.212 e. The van der Waals surface area contributed by atoms with Gasteiger partial charge in [-0.3, -0.25) is 0 Å². The molecule has 3 saturated carbocycles. The lowest BCUT2D eigenvalue weighted by atomic mass is 9.35. The normalized spacial score (nSPS) is 44.8. The lowest BCUT2D eigenvalue weighted by molar-refractivity contribution is -0.188. The van der Waals surface area contributed by atoms with E-state index in [1.165, 1.54) is 6.42 Å². The van der Waals surface area contributed by atoms with Crippen molar-refractivity contribution in [1.82, 2.24) is 0 Å². The molecule has 0 aromatic carbocycles. The van der Waals surface area contributed by atoms with Gasteiger partial charge in [0.05, 0.1) is 5.75 Å². The van der Waals surface area contributed by atoms with Gasteiger partial charge in [0.2, 0.25) is 9.05 Å². The molecule has 70 valence electrons. The highest BCUT2D eigenvalue weighted by molar-refractivity contribution is 8.13. The molecule has 0 amide bonds. The molecule has 0 N–H and O–H groups in total. The molecule has 12 heavy (non-hydrogen) atoms. The van der Waals surface area contributed by atoms with Gasteiger partial charge in [-0.1, -0.05) is 13.3 Å². The van der Waals surface area contributed by atoms with Crippen molar-refractivity contribution in [2.24, 2.45) is 10.8 Å². The van der Waals surface area contributed by atoms with Crippen LogP contribution < -0.4 is 0 Å². The topological polar surface area (TPSA) is 34.1 Å². The average Bonchev–Trinajstić information content (AvgIpc) is 1.72. The van der Waals surface area contributed by atoms with E-state index in [1.54, 1.807) is 0 Å². The van der Waals surface area contributed by atoms with Crippen molar-refractivity contribution in [3.63, 3.8) is 0 Å². The van der Waals surface area contributed by atoms with E-state index < -0.39 is 9.05 Å². The largest absolute Gasteiger partial charge is 0.233 e. The highest BCUT2D eigenvalue weighted by Crippen LogP contribution is 2.75. The summed E-state index contributed by atoms with van der Waals surface area (Å²) in [4.78, 5) is 0. The number of halogens is 1. The Bertz CT molecular complexity index is 287. The molecule has 2 nitrogen and oxygen atoms in total. The molecule has 0 spiro atoms. The quantitative estimate of drug-likeness (QED) is 0.666. The molecular weight excluding hydrogens is 196 g/mol. The van der Waals surface area contributed by atoms with Gasteiger partial charge in [-0.05, 0) is 30.1 Å². The second-order valence-corrected chi connectivity index (χ2v) is 7.34. The Morgan fingerprint density at radius 1 is 1.25 bits per heavy atom. The lowest BCUT2D eigenvalue weighted by Gasteiger charge is -2.70. The second kappa shape index (κ2) is 2.18. The van der Waals surface area contributed by atoms with Crippen LogP contribution in [-0.2, 0) is 9.05 Å². The van der Waals surface area contributed by atoms with Gasteiger partial charge in [0.25, 0.3) is 0 Å². The van der Waals surface area contributed by atoms with Crippen LogP contribution in [0.4, 0.5) is 0 Å². The summed E-state index contributed by atoms with van der Waals surface area (Å²) in [6, 6.07) is 0. The van der Waals surface area contributed by atoms with E-state index in [2.05, 4.69) is 6.92 Å². The predicted molar refractivity (Wildman–Crippen MR) is 48.6 cm³/mol. The van der Waals surface area contributed by atoms with E-state index in [1.807, 2.05) is 0 Å². The monoisotopic (exact) mass is 208 g/mol. The molecule has 0 saturated heterocycles. The summed E-state index contributed by atoms with van der Waals surface area (Å²) in [6.45, 7) is 2.18. The Morgan fingerprint density at radius 2 is 1.75 bits per heavy atom. The van der Waals surface area contributed by atoms with Crippen LogP contribution in [0.1, 0.15) is 32.6 Å². The molecule has 0 aromatic heterocycles. The molecule has 3 rings (SSSR count). The Morgan fingerprint density at radius 3 is 2.08 bits per heavy atom. The van der Waals surface area contributed by atoms with Crippen molar-refractivity contribution in [3.05, 3.63) is 0 Å². The van der Waals surface area contributed by atoms with Gasteiger partial charge in [-0.2, -0.15) is 0 Å². The fourth-order valence-corrected chi connectivity index (χ4v) is 4.86. The average molecular weight is 209 g/mol. The van der Waals surface area contributed by atoms with E-state index in [9.17, 15) is 8.42 Å². The number of hydrogen-bond acceptors (Lipinski definition) is 2. The molecule has 3 aliphatic rings. The van der Waals surface area contributed by atoms with Crippen molar-refractivity contribution in [2.75, 3.05) is 5.75 Å². The van der Waals surface area contributed by atoms with Gasteiger partial charge in [0.15, 0.2) is 0 Å². The molecule has 3 fully saturated rings. The molecule has 2 bridgehead atoms. The van der Waals surface area contributed by atoms with Crippen LogP contribution in [0.25, 0.3) is 0 Å². The maximum Gasteiger partial charge on any atom is 0.233 e. The van der Waals surface area contributed by atoms with Crippen LogP contribution in [0, 0.1) is 10.8 Å². The summed E-state index contributed by atoms with van der Waals surface area (Å²) in [6.07, 6.45) is 4.45. The SMILES string of the molecule is CCC12CC(CS(=O)(=O)Cl)(C1)C2. The van der Waals surface area contributed by atoms with Crippen molar-refractivity contribution in [2.45, 2.75) is 32.6 Å². The van der Waals surface area contributed by atoms with Crippen molar-refractivity contribution < 1.29 is 8.42 Å². The van der Waals surface area contributed by atoms with Gasteiger partial charge in [-0.15, -0.1) is 0 Å². The Labute approximate surface area is 77.7 Å². The first-order valence-corrected chi connectivity index (χ1v) is 6.79. The fraction of sp³-hybridized carbons (Fsp3) is 1.00. The summed E-state index contributed by atoms with van der Waals surface area (Å²) in [5.41, 5.74) is 0.609. The van der Waals surface area contributed by atoms with Gasteiger partial charge >= 0.3 is 0 Å². The summed E-state index contributed by atoms with van der Waals surface area (Å²) in [5, 5.41) is 0. The third-order valence-electron chi connectivity index (χ3n) is 3.48. The predicted octanol–water partition coefficient (Wildman–Crippen LogP) is 2.14. The summed E-state index contributed by atoms with van der Waals surface area (Å²) in [5.74, 6) is 0.198. The van der Waals surface area contributed by atoms with Crippen LogP contribution in [0.2, 0.25) is 0 Å². The molecule has 0 atom stereocenters. The lowest BCUT2D eigenvalue weighted by Crippen LogP contribution is -2.63. The van der Waals surface area contributed by atoms with E-state index in [4.69, 9.17) is 10.7 Å². The smallest absolute Gasteiger partial charge is 0.212 e. The Hall–Kier alpha value is 0.240. The standard InChI is InChI=1S/C8H13ClO2S/c1-2-7-3-8(4-7,5-7)6-12(9,10)11/h2-6H2,1H3. The number of hydrogen-bond donors (Lipinski definition) is 0. The van der Waals surface area contributed by atoms with Gasteiger partial charge in [0.1, 0.15) is 0 Å². The van der Waals surface area contributed by atoms with Crippen LogP contribution in [0.5, 0.6) is 0 Å². The summed E-state index contributed by atoms with van der Waals surface area (Å²) in [7, 11) is 1.95. The first kappa shape index (κ1) is 8.82. The molecule has 0 aliphatic heterocycles. The van der Waals surface area contributed by atoms with Crippen LogP contribution in [0.15, 0.2) is 0 Å². The number of rotatable bonds is 3. The van der Waals surface area contributed by atoms with E-state index in [0.29, 0.717) is 5.41 Å². The zero-order chi connectivity index (χ0) is 9.04. The molecule has 0 radical (unpaired) electrons. The molecular formula is C8H13ClO2S. The molecule has 3 aliphatic carbocycles. The van der Waals surface area contributed by atoms with Crippen molar-refractivity contribution >= 4 is 19.7 Å². The first-order chi connectivity index (χ1) is 5.39. The highest BCUT2D eigenvalue weighted by atomic mass is 35.7. The van der Waals surface area contributed by atoms with E-state index >= 15 is 0 Å². The zero-order valence-corrected chi connectivity index (χ0v) is 8.71. The Kier molecular flexibility index (Phi) is 1.60. The minimum absolute atomic E-state index is 0.0938. The van der Waals surface area contributed by atoms with Crippen molar-refractivity contribution in [1.29, 1.82) is 0 Å². The fourth-order valence-electron chi connectivity index (χ4n) is 3.12. The van der Waals surface area contributed by atoms with Crippen molar-refractivity contribution in [3.8, 4) is 0 Å². The first-order valence-electron chi connectivity index (χ1n) is 4.31. The molecule has 0 aromatic rings. The van der Waals surface area contributed by atoms with Crippen LogP contribution in [-0.4, -0.2) is 14.2 Å². The summed E-state index contributed by atoms with van der Waals surface area (Å²) >= 11 is 0. The second-order valence-electron chi connectivity index (χ2n) is 4.57. The van der Waals surface area contributed by atoms with Crippen LogP contribution >= 0.6 is 10.7 Å². The van der Waals surface area contributed by atoms with Gasteiger partial charge < -0.3 is 0 Å². The third kappa shape index (κ3) is 1.18. The third-order valence-corrected chi connectivity index (χ3v) is 4.76. The summed E-state index contributed by atoms with van der Waals surface area (Å²) < 4.78 is 21.6. The zero-order valence-electron chi connectivity index (χ0n) is 7.14. The Balaban J connectivity index is 1.97. The van der Waals surface area contributed by atoms with Gasteiger partial charge in [-0.25, -0.2) is 8.42 Å². The van der Waals surface area contributed by atoms with E-state index in [-0.39, 0.29) is 11.2 Å². The maximum atomic E-state index is 10.8. The highest BCUT2D eigenvalue weighted by Gasteiger charge is 2.67. The van der Waals surface area contributed by atoms with Gasteiger partial charge in [0, 0.05) is 10.7 Å². The molecule has 4 heteroatoms. The van der Waals surface area contributed by atoms with E-state index in [0.717, 1.165) is 19.3 Å². The molecule has 0 unspecified atom stereocenters.